The second kappa shape index (κ2) is 8.79. The van der Waals surface area contributed by atoms with E-state index in [1.165, 1.54) is 24.3 Å². The van der Waals surface area contributed by atoms with Crippen LogP contribution in [0.15, 0.2) is 54.6 Å². The average molecular weight is 393 g/mol. The summed E-state index contributed by atoms with van der Waals surface area (Å²) < 4.78 is 5.34. The zero-order chi connectivity index (χ0) is 20.8. The summed E-state index contributed by atoms with van der Waals surface area (Å²) in [7, 11) is 0. The number of nitro benzene ring substituents is 1. The van der Waals surface area contributed by atoms with Gasteiger partial charge in [0.25, 0.3) is 11.6 Å². The van der Waals surface area contributed by atoms with Crippen LogP contribution in [0.25, 0.3) is 0 Å². The normalized spacial score (nSPS) is 10.3. The maximum Gasteiger partial charge on any atom is 0.269 e. The number of nitrogens with one attached hydrogen (secondary N) is 2. The molecule has 0 spiro atoms. The van der Waals surface area contributed by atoms with Crippen molar-refractivity contribution in [2.75, 3.05) is 17.2 Å². The number of benzene rings is 2. The zero-order valence-electron chi connectivity index (χ0n) is 15.9. The fraction of sp³-hybridized carbons (Fsp3) is 0.150. The van der Waals surface area contributed by atoms with Gasteiger partial charge in [-0.25, -0.2) is 9.97 Å². The minimum atomic E-state index is -0.499. The Bertz CT molecular complexity index is 1000. The zero-order valence-corrected chi connectivity index (χ0v) is 15.9. The van der Waals surface area contributed by atoms with E-state index in [-0.39, 0.29) is 18.2 Å². The number of amides is 1. The Morgan fingerprint density at radius 3 is 2.17 bits per heavy atom. The summed E-state index contributed by atoms with van der Waals surface area (Å²) in [6, 6.07) is 14.5. The van der Waals surface area contributed by atoms with Crippen LogP contribution in [0.5, 0.6) is 5.75 Å². The number of hydrogen-bond donors (Lipinski definition) is 2. The lowest BCUT2D eigenvalue weighted by molar-refractivity contribution is -0.384. The first-order valence-corrected chi connectivity index (χ1v) is 8.75. The first-order chi connectivity index (χ1) is 13.9. The second-order valence-corrected chi connectivity index (χ2v) is 6.26. The van der Waals surface area contributed by atoms with Crippen LogP contribution in [0.1, 0.15) is 11.4 Å². The highest BCUT2D eigenvalue weighted by Crippen LogP contribution is 2.19. The van der Waals surface area contributed by atoms with Crippen molar-refractivity contribution < 1.29 is 14.5 Å². The van der Waals surface area contributed by atoms with Crippen LogP contribution in [-0.4, -0.2) is 27.4 Å². The van der Waals surface area contributed by atoms with Crippen molar-refractivity contribution in [1.29, 1.82) is 0 Å². The molecule has 2 N–H and O–H groups in total. The van der Waals surface area contributed by atoms with Gasteiger partial charge in [-0.2, -0.15) is 0 Å². The highest BCUT2D eigenvalue weighted by atomic mass is 16.6. The average Bonchev–Trinajstić information content (AvgIpc) is 2.67. The standard InChI is InChI=1S/C20H19N5O4/c1-13-11-14(2)22-20(21-13)24-16-5-3-15(4-6-16)23-19(26)12-29-18-9-7-17(8-10-18)25(27)28/h3-11H,12H2,1-2H3,(H,23,26)(H,21,22,24). The number of rotatable bonds is 7. The molecule has 9 nitrogen and oxygen atoms in total. The summed E-state index contributed by atoms with van der Waals surface area (Å²) in [5.74, 6) is 0.538. The van der Waals surface area contributed by atoms with Gasteiger partial charge in [-0.15, -0.1) is 0 Å². The summed E-state index contributed by atoms with van der Waals surface area (Å²) in [4.78, 5) is 30.8. The van der Waals surface area contributed by atoms with E-state index >= 15 is 0 Å². The van der Waals surface area contributed by atoms with Gasteiger partial charge in [0, 0.05) is 34.9 Å². The van der Waals surface area contributed by atoms with Gasteiger partial charge in [0.1, 0.15) is 5.75 Å². The van der Waals surface area contributed by atoms with E-state index in [2.05, 4.69) is 20.6 Å². The monoisotopic (exact) mass is 393 g/mol. The summed E-state index contributed by atoms with van der Waals surface area (Å²) in [6.07, 6.45) is 0. The Kier molecular flexibility index (Phi) is 5.98. The van der Waals surface area contributed by atoms with E-state index in [1.54, 1.807) is 24.3 Å². The van der Waals surface area contributed by atoms with E-state index < -0.39 is 4.92 Å². The van der Waals surface area contributed by atoms with E-state index in [1.807, 2.05) is 19.9 Å². The maximum atomic E-state index is 12.0. The van der Waals surface area contributed by atoms with Gasteiger partial charge < -0.3 is 15.4 Å². The number of carbonyl (C=O) groups excluding carboxylic acids is 1. The van der Waals surface area contributed by atoms with Crippen molar-refractivity contribution in [3.8, 4) is 5.75 Å². The molecule has 0 atom stereocenters. The molecule has 3 rings (SSSR count). The highest BCUT2D eigenvalue weighted by Gasteiger charge is 2.07. The number of aromatic nitrogens is 2. The van der Waals surface area contributed by atoms with Crippen molar-refractivity contribution in [3.05, 3.63) is 76.1 Å². The number of ether oxygens (including phenoxy) is 1. The minimum Gasteiger partial charge on any atom is -0.484 e. The van der Waals surface area contributed by atoms with E-state index in [9.17, 15) is 14.9 Å². The first kappa shape index (κ1) is 19.7. The number of aryl methyl sites for hydroxylation is 2. The van der Waals surface area contributed by atoms with Crippen molar-refractivity contribution in [1.82, 2.24) is 9.97 Å². The van der Waals surface area contributed by atoms with Gasteiger partial charge in [0.15, 0.2) is 6.61 Å². The largest absolute Gasteiger partial charge is 0.484 e. The predicted molar refractivity (Wildman–Crippen MR) is 108 cm³/mol. The Labute approximate surface area is 166 Å². The third-order valence-electron chi connectivity index (χ3n) is 3.82. The Morgan fingerprint density at radius 1 is 1.00 bits per heavy atom. The number of nitrogens with zero attached hydrogens (tertiary/aromatic N) is 3. The molecule has 1 aromatic heterocycles. The topological polar surface area (TPSA) is 119 Å². The fourth-order valence-corrected chi connectivity index (χ4v) is 2.56. The molecule has 148 valence electrons. The third kappa shape index (κ3) is 5.73. The lowest BCUT2D eigenvalue weighted by Crippen LogP contribution is -2.20. The van der Waals surface area contributed by atoms with Crippen LogP contribution in [0.3, 0.4) is 0 Å². The van der Waals surface area contributed by atoms with Gasteiger partial charge >= 0.3 is 0 Å². The summed E-state index contributed by atoms with van der Waals surface area (Å²) in [6.45, 7) is 3.59. The van der Waals surface area contributed by atoms with Crippen LogP contribution in [-0.2, 0) is 4.79 Å². The molecule has 0 saturated carbocycles. The molecule has 0 aliphatic rings. The number of nitro groups is 1. The Hall–Kier alpha value is -4.01. The lowest BCUT2D eigenvalue weighted by Gasteiger charge is -2.09. The molecule has 3 aromatic rings. The van der Waals surface area contributed by atoms with Gasteiger partial charge in [-0.3, -0.25) is 14.9 Å². The van der Waals surface area contributed by atoms with Crippen molar-refractivity contribution in [3.63, 3.8) is 0 Å². The molecule has 29 heavy (non-hydrogen) atoms. The predicted octanol–water partition coefficient (Wildman–Crippen LogP) is 3.76. The Morgan fingerprint density at radius 2 is 1.59 bits per heavy atom. The molecule has 0 bridgehead atoms. The molecule has 2 aromatic carbocycles. The Balaban J connectivity index is 1.52. The number of hydrogen-bond acceptors (Lipinski definition) is 7. The van der Waals surface area contributed by atoms with Gasteiger partial charge in [-0.1, -0.05) is 0 Å². The summed E-state index contributed by atoms with van der Waals surface area (Å²) in [5.41, 5.74) is 3.10. The van der Waals surface area contributed by atoms with E-state index in [4.69, 9.17) is 4.74 Å². The minimum absolute atomic E-state index is 0.0401. The maximum absolute atomic E-state index is 12.0. The molecule has 0 aliphatic heterocycles. The molecule has 9 heteroatoms. The van der Waals surface area contributed by atoms with E-state index in [0.29, 0.717) is 17.4 Å². The van der Waals surface area contributed by atoms with Gasteiger partial charge in [0.05, 0.1) is 4.92 Å². The smallest absolute Gasteiger partial charge is 0.269 e. The quantitative estimate of drug-likeness (QED) is 0.463. The van der Waals surface area contributed by atoms with Crippen LogP contribution in [0.2, 0.25) is 0 Å². The molecular weight excluding hydrogens is 374 g/mol. The van der Waals surface area contributed by atoms with Crippen LogP contribution in [0, 0.1) is 24.0 Å². The number of anilines is 3. The number of carbonyl (C=O) groups is 1. The van der Waals surface area contributed by atoms with Gasteiger partial charge in [-0.05, 0) is 56.3 Å². The first-order valence-electron chi connectivity index (χ1n) is 8.75. The lowest BCUT2D eigenvalue weighted by atomic mass is 10.2. The van der Waals surface area contributed by atoms with Gasteiger partial charge in [0.2, 0.25) is 5.95 Å². The SMILES string of the molecule is Cc1cc(C)nc(Nc2ccc(NC(=O)COc3ccc([N+](=O)[O-])cc3)cc2)n1. The fourth-order valence-electron chi connectivity index (χ4n) is 2.56. The molecule has 1 heterocycles. The molecule has 1 amide bonds. The molecule has 0 radical (unpaired) electrons. The summed E-state index contributed by atoms with van der Waals surface area (Å²) in [5, 5.41) is 16.5. The number of non-ortho nitro benzene ring substituents is 1. The van der Waals surface area contributed by atoms with Crippen LogP contribution < -0.4 is 15.4 Å². The third-order valence-corrected chi connectivity index (χ3v) is 3.82. The molecule has 0 fully saturated rings. The molecule has 0 saturated heterocycles. The van der Waals surface area contributed by atoms with E-state index in [0.717, 1.165) is 17.1 Å². The van der Waals surface area contributed by atoms with Crippen molar-refractivity contribution in [2.24, 2.45) is 0 Å². The molecular formula is C20H19N5O4. The summed E-state index contributed by atoms with van der Waals surface area (Å²) >= 11 is 0. The van der Waals surface area contributed by atoms with Crippen molar-refractivity contribution in [2.45, 2.75) is 13.8 Å². The van der Waals surface area contributed by atoms with Crippen molar-refractivity contribution >= 4 is 28.9 Å². The highest BCUT2D eigenvalue weighted by molar-refractivity contribution is 5.92. The molecule has 0 unspecified atom stereocenters. The second-order valence-electron chi connectivity index (χ2n) is 6.26. The molecule has 0 aliphatic carbocycles. The van der Waals surface area contributed by atoms with Crippen LogP contribution >= 0.6 is 0 Å². The van der Waals surface area contributed by atoms with Crippen LogP contribution in [0.4, 0.5) is 23.0 Å².